The van der Waals surface area contributed by atoms with Crippen molar-refractivity contribution < 1.29 is 115 Å². The van der Waals surface area contributed by atoms with Gasteiger partial charge in [-0.25, -0.2) is 0 Å². The van der Waals surface area contributed by atoms with Crippen LogP contribution in [0.5, 0.6) is 0 Å². The van der Waals surface area contributed by atoms with Gasteiger partial charge in [0.1, 0.15) is 85.5 Å². The molecule has 2 heterocycles. The van der Waals surface area contributed by atoms with E-state index in [4.69, 9.17) is 28.4 Å². The molecule has 56 heavy (non-hydrogen) atoms. The molecule has 328 valence electrons. The molecule has 10 unspecified atom stereocenters. The summed E-state index contributed by atoms with van der Waals surface area (Å²) in [5, 5.41) is 179. The van der Waals surface area contributed by atoms with Crippen molar-refractivity contribution in [1.29, 1.82) is 0 Å². The Balaban J connectivity index is 1.34. The highest BCUT2D eigenvalue weighted by atomic mass is 16.7. The predicted molar refractivity (Wildman–Crippen MR) is 176 cm³/mol. The van der Waals surface area contributed by atoms with Gasteiger partial charge in [0.25, 0.3) is 0 Å². The lowest BCUT2D eigenvalue weighted by atomic mass is 9.78. The van der Waals surface area contributed by atoms with Gasteiger partial charge in [0.15, 0.2) is 12.6 Å². The quantitative estimate of drug-likeness (QED) is 0.0820. The predicted octanol–water partition coefficient (Wildman–Crippen LogP) is -9.93. The molecule has 0 aromatic heterocycles. The van der Waals surface area contributed by atoms with Crippen LogP contribution in [0, 0.1) is 17.8 Å². The van der Waals surface area contributed by atoms with Gasteiger partial charge >= 0.3 is 0 Å². The maximum Gasteiger partial charge on any atom is 0.187 e. The molecule has 0 spiro atoms. The standard InChI is InChI=1S/C33H58O23/c34-4-9-1-12(20(42)24(46)17(9)39)51-29-18(40)10(5-35)2-13(21(29)43)52-30-19(41)11(6-36)3-14(22(30)44)53-31-23(45)15(7-37)55-33(27(31)49)56-28-16(8-38)54-32(50)26(48)25(28)47/h9-50H,1-8H2/t9?,10?,11?,12-,13-,14-,15?,16?,17+,18+,19+,20?,21?,22?,23+,24+,25-,26?,27?,28-,29+,30+,31+,32-,33+/m1/s1. The molecule has 0 amide bonds. The second-order valence-corrected chi connectivity index (χ2v) is 15.4. The largest absolute Gasteiger partial charge is 0.396 e. The maximum atomic E-state index is 11.6. The second-order valence-electron chi connectivity index (χ2n) is 15.4. The van der Waals surface area contributed by atoms with Crippen molar-refractivity contribution in [3.05, 3.63) is 0 Å². The lowest BCUT2D eigenvalue weighted by molar-refractivity contribution is -0.363. The van der Waals surface area contributed by atoms with Crippen LogP contribution in [-0.4, -0.2) is 255 Å². The molecule has 2 aliphatic heterocycles. The van der Waals surface area contributed by atoms with E-state index in [-0.39, 0.29) is 19.3 Å². The van der Waals surface area contributed by atoms with Crippen molar-refractivity contribution in [1.82, 2.24) is 0 Å². The van der Waals surface area contributed by atoms with Crippen molar-refractivity contribution in [2.75, 3.05) is 33.0 Å². The molecule has 25 atom stereocenters. The van der Waals surface area contributed by atoms with Gasteiger partial charge < -0.3 is 115 Å². The summed E-state index contributed by atoms with van der Waals surface area (Å²) in [6.45, 7) is -3.67. The third-order valence-electron chi connectivity index (χ3n) is 11.9. The molecule has 0 radical (unpaired) electrons. The Hall–Kier alpha value is -0.920. The van der Waals surface area contributed by atoms with Gasteiger partial charge in [-0.3, -0.25) is 0 Å². The number of hydrogen-bond acceptors (Lipinski definition) is 23. The first-order chi connectivity index (χ1) is 26.5. The minimum Gasteiger partial charge on any atom is -0.396 e. The summed E-state index contributed by atoms with van der Waals surface area (Å²) in [5.41, 5.74) is 0. The molecule has 17 N–H and O–H groups in total. The number of ether oxygens (including phenoxy) is 6. The Morgan fingerprint density at radius 2 is 0.768 bits per heavy atom. The smallest absolute Gasteiger partial charge is 0.187 e. The Morgan fingerprint density at radius 1 is 0.339 bits per heavy atom. The number of aliphatic hydroxyl groups is 17. The fraction of sp³-hybridized carbons (Fsp3) is 1.00. The van der Waals surface area contributed by atoms with Gasteiger partial charge in [-0.15, -0.1) is 0 Å². The Kier molecular flexibility index (Phi) is 16.2. The summed E-state index contributed by atoms with van der Waals surface area (Å²) in [7, 11) is 0. The monoisotopic (exact) mass is 822 g/mol. The first-order valence-corrected chi connectivity index (χ1v) is 18.7. The lowest BCUT2D eigenvalue weighted by Gasteiger charge is -2.50. The summed E-state index contributed by atoms with van der Waals surface area (Å²) in [4.78, 5) is 0. The van der Waals surface area contributed by atoms with E-state index in [1.165, 1.54) is 0 Å². The molecule has 23 heteroatoms. The first-order valence-electron chi connectivity index (χ1n) is 18.7. The van der Waals surface area contributed by atoms with Crippen LogP contribution in [0.4, 0.5) is 0 Å². The van der Waals surface area contributed by atoms with Crippen LogP contribution >= 0.6 is 0 Å². The van der Waals surface area contributed by atoms with Crippen molar-refractivity contribution in [3.63, 3.8) is 0 Å². The Bertz CT molecular complexity index is 1200. The van der Waals surface area contributed by atoms with Crippen molar-refractivity contribution in [2.24, 2.45) is 17.8 Å². The molecule has 2 saturated heterocycles. The molecule has 0 aromatic rings. The Morgan fingerprint density at radius 3 is 1.21 bits per heavy atom. The highest BCUT2D eigenvalue weighted by molar-refractivity contribution is 5.02. The highest BCUT2D eigenvalue weighted by Crippen LogP contribution is 2.39. The topological polar surface area (TPSA) is 399 Å². The van der Waals surface area contributed by atoms with E-state index in [1.807, 2.05) is 0 Å². The van der Waals surface area contributed by atoms with Crippen LogP contribution < -0.4 is 0 Å². The molecule has 5 fully saturated rings. The van der Waals surface area contributed by atoms with E-state index >= 15 is 0 Å². The fourth-order valence-electron chi connectivity index (χ4n) is 8.40. The molecule has 3 aliphatic carbocycles. The van der Waals surface area contributed by atoms with Crippen LogP contribution in [0.25, 0.3) is 0 Å². The number of hydrogen-bond donors (Lipinski definition) is 17. The van der Waals surface area contributed by atoms with E-state index in [0.29, 0.717) is 0 Å². The van der Waals surface area contributed by atoms with Crippen LogP contribution in [-0.2, 0) is 28.4 Å². The molecule has 5 aliphatic rings. The van der Waals surface area contributed by atoms with Gasteiger partial charge in [0, 0.05) is 37.6 Å². The summed E-state index contributed by atoms with van der Waals surface area (Å²) >= 11 is 0. The molecule has 5 rings (SSSR count). The minimum atomic E-state index is -1.99. The Labute approximate surface area is 320 Å². The van der Waals surface area contributed by atoms with Crippen LogP contribution in [0.3, 0.4) is 0 Å². The summed E-state index contributed by atoms with van der Waals surface area (Å²) in [6.07, 6.45) is -37.9. The lowest BCUT2D eigenvalue weighted by Crippen LogP contribution is -2.66. The maximum absolute atomic E-state index is 11.6. The van der Waals surface area contributed by atoms with Gasteiger partial charge in [-0.2, -0.15) is 0 Å². The first kappa shape index (κ1) is 46.2. The van der Waals surface area contributed by atoms with Gasteiger partial charge in [-0.1, -0.05) is 0 Å². The zero-order valence-electron chi connectivity index (χ0n) is 30.1. The van der Waals surface area contributed by atoms with Gasteiger partial charge in [0.2, 0.25) is 0 Å². The second kappa shape index (κ2) is 19.6. The van der Waals surface area contributed by atoms with Crippen molar-refractivity contribution in [3.8, 4) is 0 Å². The van der Waals surface area contributed by atoms with Crippen molar-refractivity contribution in [2.45, 2.75) is 154 Å². The minimum absolute atomic E-state index is 0.201. The zero-order chi connectivity index (χ0) is 41.3. The summed E-state index contributed by atoms with van der Waals surface area (Å²) in [6, 6.07) is 0. The zero-order valence-corrected chi connectivity index (χ0v) is 30.1. The van der Waals surface area contributed by atoms with E-state index in [2.05, 4.69) is 0 Å². The van der Waals surface area contributed by atoms with Crippen LogP contribution in [0.2, 0.25) is 0 Å². The molecular formula is C33H58O23. The number of rotatable bonds is 13. The van der Waals surface area contributed by atoms with Crippen LogP contribution in [0.1, 0.15) is 19.3 Å². The van der Waals surface area contributed by atoms with E-state index in [9.17, 15) is 86.8 Å². The van der Waals surface area contributed by atoms with Crippen molar-refractivity contribution >= 4 is 0 Å². The molecule has 23 nitrogen and oxygen atoms in total. The average Bonchev–Trinajstić information content (AvgIpc) is 3.18. The normalized spacial score (nSPS) is 53.2. The fourth-order valence-corrected chi connectivity index (χ4v) is 8.40. The van der Waals surface area contributed by atoms with Crippen LogP contribution in [0.15, 0.2) is 0 Å². The van der Waals surface area contributed by atoms with E-state index in [0.717, 1.165) is 0 Å². The SMILES string of the molecule is OCC1O[C@@H](O)C(O)[C@@H](O)[C@@H]1O[C@@H]1OC(CO)[C@H](O)[C@H](O[C@@H]2CC(CO)[C@H](O)[C@H](O[C@@H]3CC(CO)[C@H](O)[C@H](O[C@@H]4CC(CO)[C@H](O)[C@H](O)C4O)C3O)C2O)C1O. The van der Waals surface area contributed by atoms with Gasteiger partial charge in [0.05, 0.1) is 49.8 Å². The van der Waals surface area contributed by atoms with E-state index in [1.54, 1.807) is 0 Å². The van der Waals surface area contributed by atoms with E-state index < -0.39 is 185 Å². The molecule has 3 saturated carbocycles. The average molecular weight is 823 g/mol. The number of aliphatic hydroxyl groups excluding tert-OH is 17. The summed E-state index contributed by atoms with van der Waals surface area (Å²) in [5.74, 6) is -3.07. The molecular weight excluding hydrogens is 764 g/mol. The summed E-state index contributed by atoms with van der Waals surface area (Å²) < 4.78 is 34.1. The third-order valence-corrected chi connectivity index (χ3v) is 11.9. The molecule has 0 bridgehead atoms. The third kappa shape index (κ3) is 9.20. The molecule has 0 aromatic carbocycles. The van der Waals surface area contributed by atoms with Gasteiger partial charge in [-0.05, 0) is 19.3 Å². The highest BCUT2D eigenvalue weighted by Gasteiger charge is 2.55.